The Morgan fingerprint density at radius 2 is 1.90 bits per heavy atom. The zero-order chi connectivity index (χ0) is 21.7. The molecule has 0 spiro atoms. The van der Waals surface area contributed by atoms with Gasteiger partial charge in [0.15, 0.2) is 17.3 Å². The van der Waals surface area contributed by atoms with Gasteiger partial charge in [-0.15, -0.1) is 0 Å². The molecule has 0 unspecified atom stereocenters. The molecule has 3 rings (SSSR count). The Bertz CT molecular complexity index is 1060. The van der Waals surface area contributed by atoms with E-state index >= 15 is 0 Å². The van der Waals surface area contributed by atoms with E-state index in [0.717, 1.165) is 24.2 Å². The molecule has 160 valence electrons. The summed E-state index contributed by atoms with van der Waals surface area (Å²) in [5.74, 6) is 1.77. The fraction of sp³-hybridized carbons (Fsp3) is 0.300. The molecular formula is C20H21Cl3N4O2S. The zero-order valence-electron chi connectivity index (χ0n) is 16.5. The van der Waals surface area contributed by atoms with Gasteiger partial charge in [0, 0.05) is 22.0 Å². The molecule has 0 amide bonds. The number of benzene rings is 2. The van der Waals surface area contributed by atoms with Crippen LogP contribution in [-0.4, -0.2) is 22.0 Å². The first-order valence-corrected chi connectivity index (χ1v) is 10.8. The minimum absolute atomic E-state index is 0.163. The third-order valence-electron chi connectivity index (χ3n) is 4.37. The Kier molecular flexibility index (Phi) is 7.88. The molecule has 0 bridgehead atoms. The highest BCUT2D eigenvalue weighted by atomic mass is 35.5. The molecule has 1 heterocycles. The van der Waals surface area contributed by atoms with Crippen molar-refractivity contribution in [1.82, 2.24) is 14.9 Å². The van der Waals surface area contributed by atoms with Crippen LogP contribution in [0.15, 0.2) is 30.3 Å². The summed E-state index contributed by atoms with van der Waals surface area (Å²) in [4.78, 5) is 0. The number of hydrogen-bond donors (Lipinski definition) is 2. The van der Waals surface area contributed by atoms with E-state index in [-0.39, 0.29) is 6.61 Å². The van der Waals surface area contributed by atoms with Gasteiger partial charge >= 0.3 is 0 Å². The molecule has 0 fully saturated rings. The van der Waals surface area contributed by atoms with Gasteiger partial charge in [0.1, 0.15) is 6.61 Å². The average molecular weight is 488 g/mol. The van der Waals surface area contributed by atoms with E-state index in [0.29, 0.717) is 43.4 Å². The number of ether oxygens (including phenoxy) is 2. The minimum Gasteiger partial charge on any atom is -0.493 e. The quantitative estimate of drug-likeness (QED) is 0.353. The third kappa shape index (κ3) is 5.21. The number of halogens is 3. The van der Waals surface area contributed by atoms with Crippen molar-refractivity contribution >= 4 is 47.0 Å². The maximum atomic E-state index is 6.49. The van der Waals surface area contributed by atoms with Gasteiger partial charge < -0.3 is 14.9 Å². The molecule has 10 heteroatoms. The second kappa shape index (κ2) is 10.4. The van der Waals surface area contributed by atoms with Gasteiger partial charge in [-0.1, -0.05) is 47.8 Å². The summed E-state index contributed by atoms with van der Waals surface area (Å²) in [7, 11) is 1.56. The van der Waals surface area contributed by atoms with Crippen molar-refractivity contribution < 1.29 is 9.47 Å². The molecular weight excluding hydrogens is 467 g/mol. The predicted molar refractivity (Wildman–Crippen MR) is 123 cm³/mol. The fourth-order valence-corrected chi connectivity index (χ4v) is 3.89. The highest BCUT2D eigenvalue weighted by Gasteiger charge is 2.15. The highest BCUT2D eigenvalue weighted by molar-refractivity contribution is 7.71. The second-order valence-electron chi connectivity index (χ2n) is 6.46. The molecule has 0 aliphatic heterocycles. The van der Waals surface area contributed by atoms with Crippen molar-refractivity contribution in [3.63, 3.8) is 0 Å². The lowest BCUT2D eigenvalue weighted by Crippen LogP contribution is -2.17. The molecule has 30 heavy (non-hydrogen) atoms. The minimum atomic E-state index is 0.163. The first-order valence-electron chi connectivity index (χ1n) is 9.26. The summed E-state index contributed by atoms with van der Waals surface area (Å²) >= 11 is 24.2. The third-order valence-corrected chi connectivity index (χ3v) is 5.63. The number of nitrogens with one attached hydrogen (secondary N) is 2. The molecule has 0 saturated carbocycles. The van der Waals surface area contributed by atoms with Crippen molar-refractivity contribution in [3.05, 3.63) is 67.1 Å². The molecule has 0 atom stereocenters. The van der Waals surface area contributed by atoms with Crippen molar-refractivity contribution in [1.29, 1.82) is 0 Å². The van der Waals surface area contributed by atoms with Gasteiger partial charge in [0.25, 0.3) is 0 Å². The lowest BCUT2D eigenvalue weighted by Gasteiger charge is -2.16. The summed E-state index contributed by atoms with van der Waals surface area (Å²) < 4.78 is 13.7. The maximum Gasteiger partial charge on any atom is 0.214 e. The van der Waals surface area contributed by atoms with Gasteiger partial charge in [-0.2, -0.15) is 5.10 Å². The molecule has 3 aromatic rings. The number of hydrogen-bond acceptors (Lipinski definition) is 5. The number of rotatable bonds is 9. The van der Waals surface area contributed by atoms with Crippen molar-refractivity contribution in [2.45, 2.75) is 32.9 Å². The summed E-state index contributed by atoms with van der Waals surface area (Å²) in [6.07, 6.45) is 1.77. The number of H-pyrrole nitrogens is 1. The van der Waals surface area contributed by atoms with Crippen LogP contribution in [0.2, 0.25) is 15.1 Å². The lowest BCUT2D eigenvalue weighted by molar-refractivity contribution is 0.284. The summed E-state index contributed by atoms with van der Waals surface area (Å²) in [6, 6.07) is 8.96. The van der Waals surface area contributed by atoms with E-state index in [4.69, 9.17) is 56.5 Å². The van der Waals surface area contributed by atoms with E-state index in [9.17, 15) is 0 Å². The molecule has 6 nitrogen and oxygen atoms in total. The highest BCUT2D eigenvalue weighted by Crippen LogP contribution is 2.38. The van der Waals surface area contributed by atoms with E-state index in [1.807, 2.05) is 12.1 Å². The smallest absolute Gasteiger partial charge is 0.214 e. The van der Waals surface area contributed by atoms with Gasteiger partial charge in [-0.25, -0.2) is 4.68 Å². The van der Waals surface area contributed by atoms with E-state index < -0.39 is 0 Å². The van der Waals surface area contributed by atoms with Crippen LogP contribution in [-0.2, 0) is 19.6 Å². The number of methoxy groups -OCH3 is 1. The van der Waals surface area contributed by atoms with E-state index in [1.165, 1.54) is 0 Å². The summed E-state index contributed by atoms with van der Waals surface area (Å²) in [5.41, 5.74) is 4.84. The molecule has 0 aliphatic rings. The molecule has 1 aromatic heterocycles. The van der Waals surface area contributed by atoms with Crippen molar-refractivity contribution in [2.24, 2.45) is 0 Å². The topological polar surface area (TPSA) is 64.1 Å². The molecule has 2 aromatic carbocycles. The summed E-state index contributed by atoms with van der Waals surface area (Å²) in [6.45, 7) is 2.72. The zero-order valence-corrected chi connectivity index (χ0v) is 19.6. The van der Waals surface area contributed by atoms with Crippen LogP contribution in [0.25, 0.3) is 0 Å². The van der Waals surface area contributed by atoms with Crippen LogP contribution in [0.4, 0.5) is 0 Å². The van der Waals surface area contributed by atoms with Crippen LogP contribution < -0.4 is 14.9 Å². The van der Waals surface area contributed by atoms with Crippen LogP contribution in [0.5, 0.6) is 11.5 Å². The van der Waals surface area contributed by atoms with Crippen LogP contribution >= 0.6 is 47.0 Å². The number of aryl methyl sites for hydroxylation is 1. The Balaban J connectivity index is 1.77. The van der Waals surface area contributed by atoms with Gasteiger partial charge in [0.05, 0.1) is 18.7 Å². The number of aromatic nitrogens is 3. The molecule has 0 saturated heterocycles. The Morgan fingerprint density at radius 3 is 2.57 bits per heavy atom. The first kappa shape index (κ1) is 22.7. The van der Waals surface area contributed by atoms with Crippen molar-refractivity contribution in [2.75, 3.05) is 12.5 Å². The summed E-state index contributed by atoms with van der Waals surface area (Å²) in [5, 5.41) is 8.51. The van der Waals surface area contributed by atoms with Crippen LogP contribution in [0, 0.1) is 4.77 Å². The fourth-order valence-electron chi connectivity index (χ4n) is 2.88. The average Bonchev–Trinajstić information content (AvgIpc) is 3.06. The van der Waals surface area contributed by atoms with Crippen molar-refractivity contribution in [3.8, 4) is 11.5 Å². The predicted octanol–water partition coefficient (Wildman–Crippen LogP) is 6.18. The normalized spacial score (nSPS) is 10.8. The lowest BCUT2D eigenvalue weighted by atomic mass is 10.2. The monoisotopic (exact) mass is 486 g/mol. The van der Waals surface area contributed by atoms with Gasteiger partial charge in [0.2, 0.25) is 4.77 Å². The number of nitrogens with zero attached hydrogens (tertiary/aromatic N) is 2. The van der Waals surface area contributed by atoms with Crippen LogP contribution in [0.3, 0.4) is 0 Å². The number of aromatic amines is 1. The van der Waals surface area contributed by atoms with Gasteiger partial charge in [-0.3, -0.25) is 5.10 Å². The van der Waals surface area contributed by atoms with Crippen LogP contribution in [0.1, 0.15) is 30.3 Å². The molecule has 0 aliphatic carbocycles. The van der Waals surface area contributed by atoms with Gasteiger partial charge in [-0.05, 0) is 48.5 Å². The standard InChI is InChI=1S/C20H21Cl3N4O2S/c1-3-5-18-25-26-20(30)27(18)24-10-12-8-16(23)19(17(9-12)28-2)29-11-13-14(21)6-4-7-15(13)22/h4,6-9,24H,3,5,10-11H2,1-2H3,(H,26,30). The maximum absolute atomic E-state index is 6.49. The molecule has 2 N–H and O–H groups in total. The second-order valence-corrected chi connectivity index (χ2v) is 8.07. The first-order chi connectivity index (χ1) is 14.4. The Hall–Kier alpha value is -1.93. The largest absolute Gasteiger partial charge is 0.493 e. The van der Waals surface area contributed by atoms with E-state index in [1.54, 1.807) is 30.0 Å². The van der Waals surface area contributed by atoms with E-state index in [2.05, 4.69) is 22.5 Å². The Labute approximate surface area is 195 Å². The Morgan fingerprint density at radius 1 is 1.17 bits per heavy atom. The SMILES string of the molecule is CCCc1n[nH]c(=S)n1NCc1cc(Cl)c(OCc2c(Cl)cccc2Cl)c(OC)c1. The molecule has 0 radical (unpaired) electrons.